The van der Waals surface area contributed by atoms with E-state index in [-0.39, 0.29) is 18.4 Å². The van der Waals surface area contributed by atoms with Crippen LogP contribution in [0.4, 0.5) is 5.69 Å². The van der Waals surface area contributed by atoms with E-state index in [0.29, 0.717) is 11.7 Å². The highest BCUT2D eigenvalue weighted by Crippen LogP contribution is 2.35. The van der Waals surface area contributed by atoms with E-state index in [2.05, 4.69) is 6.92 Å². The molecule has 118 valence electrons. The van der Waals surface area contributed by atoms with Gasteiger partial charge in [-0.1, -0.05) is 19.1 Å². The van der Waals surface area contributed by atoms with E-state index in [1.54, 1.807) is 16.7 Å². The molecule has 0 saturated heterocycles. The van der Waals surface area contributed by atoms with Crippen LogP contribution in [0.2, 0.25) is 0 Å². The van der Waals surface area contributed by atoms with Gasteiger partial charge in [-0.05, 0) is 37.3 Å². The highest BCUT2D eigenvalue weighted by Gasteiger charge is 2.30. The quantitative estimate of drug-likeness (QED) is 0.810. The first kappa shape index (κ1) is 15.4. The fourth-order valence-electron chi connectivity index (χ4n) is 2.76. The Morgan fingerprint density at radius 3 is 2.86 bits per heavy atom. The SMILES string of the molecule is CCCN(CC1CC1)C(=O)CN1C(=O)CSc2ccccc21. The summed E-state index contributed by atoms with van der Waals surface area (Å²) in [6, 6.07) is 7.83. The molecule has 1 heterocycles. The highest BCUT2D eigenvalue weighted by molar-refractivity contribution is 8.00. The van der Waals surface area contributed by atoms with Crippen molar-refractivity contribution in [3.63, 3.8) is 0 Å². The fourth-order valence-corrected chi connectivity index (χ4v) is 3.70. The molecule has 2 aliphatic rings. The van der Waals surface area contributed by atoms with E-state index in [9.17, 15) is 9.59 Å². The van der Waals surface area contributed by atoms with Crippen molar-refractivity contribution >= 4 is 29.3 Å². The van der Waals surface area contributed by atoms with Gasteiger partial charge in [0.2, 0.25) is 11.8 Å². The predicted octanol–water partition coefficient (Wildman–Crippen LogP) is 2.77. The molecule has 0 atom stereocenters. The van der Waals surface area contributed by atoms with E-state index in [4.69, 9.17) is 0 Å². The third-order valence-corrected chi connectivity index (χ3v) is 5.17. The molecule has 0 bridgehead atoms. The van der Waals surface area contributed by atoms with Gasteiger partial charge in [-0.3, -0.25) is 9.59 Å². The number of hydrogen-bond donors (Lipinski definition) is 0. The van der Waals surface area contributed by atoms with E-state index < -0.39 is 0 Å². The summed E-state index contributed by atoms with van der Waals surface area (Å²) in [6.07, 6.45) is 3.42. The Morgan fingerprint density at radius 1 is 1.36 bits per heavy atom. The molecular formula is C17H22N2O2S. The number of rotatable bonds is 6. The molecular weight excluding hydrogens is 296 g/mol. The average Bonchev–Trinajstić information content (AvgIpc) is 3.34. The minimum atomic E-state index is 0.0277. The second kappa shape index (κ2) is 6.73. The van der Waals surface area contributed by atoms with Gasteiger partial charge in [0.1, 0.15) is 6.54 Å². The molecule has 0 unspecified atom stereocenters. The monoisotopic (exact) mass is 318 g/mol. The Hall–Kier alpha value is -1.49. The van der Waals surface area contributed by atoms with Crippen LogP contribution in [0.1, 0.15) is 26.2 Å². The second-order valence-electron chi connectivity index (χ2n) is 6.02. The minimum absolute atomic E-state index is 0.0277. The summed E-state index contributed by atoms with van der Waals surface area (Å²) in [5, 5.41) is 0. The maximum absolute atomic E-state index is 12.6. The van der Waals surface area contributed by atoms with Crippen LogP contribution in [0.5, 0.6) is 0 Å². The minimum Gasteiger partial charge on any atom is -0.341 e. The molecule has 1 aromatic rings. The molecule has 2 amide bonds. The molecule has 1 saturated carbocycles. The Morgan fingerprint density at radius 2 is 2.14 bits per heavy atom. The van der Waals surface area contributed by atoms with Gasteiger partial charge in [0.15, 0.2) is 0 Å². The van der Waals surface area contributed by atoms with E-state index in [1.807, 2.05) is 29.2 Å². The first-order chi connectivity index (χ1) is 10.7. The van der Waals surface area contributed by atoms with Crippen molar-refractivity contribution in [1.82, 2.24) is 4.90 Å². The van der Waals surface area contributed by atoms with Crippen molar-refractivity contribution in [2.45, 2.75) is 31.1 Å². The van der Waals surface area contributed by atoms with Crippen molar-refractivity contribution < 1.29 is 9.59 Å². The highest BCUT2D eigenvalue weighted by atomic mass is 32.2. The van der Waals surface area contributed by atoms with Gasteiger partial charge < -0.3 is 9.80 Å². The smallest absolute Gasteiger partial charge is 0.242 e. The molecule has 1 aliphatic heterocycles. The van der Waals surface area contributed by atoms with Crippen molar-refractivity contribution in [2.24, 2.45) is 5.92 Å². The van der Waals surface area contributed by atoms with Crippen LogP contribution in [-0.2, 0) is 9.59 Å². The van der Waals surface area contributed by atoms with Crippen molar-refractivity contribution in [3.8, 4) is 0 Å². The normalized spacial score (nSPS) is 17.3. The van der Waals surface area contributed by atoms with Gasteiger partial charge in [-0.25, -0.2) is 0 Å². The number of carbonyl (C=O) groups is 2. The summed E-state index contributed by atoms with van der Waals surface area (Å²) in [6.45, 7) is 3.90. The second-order valence-corrected chi connectivity index (χ2v) is 7.04. The van der Waals surface area contributed by atoms with Crippen LogP contribution in [0.3, 0.4) is 0 Å². The number of para-hydroxylation sites is 1. The molecule has 22 heavy (non-hydrogen) atoms. The summed E-state index contributed by atoms with van der Waals surface area (Å²) in [4.78, 5) is 29.6. The van der Waals surface area contributed by atoms with Crippen molar-refractivity contribution in [2.75, 3.05) is 30.3 Å². The molecule has 0 spiro atoms. The van der Waals surface area contributed by atoms with Gasteiger partial charge in [-0.15, -0.1) is 11.8 Å². The maximum atomic E-state index is 12.6. The molecule has 4 nitrogen and oxygen atoms in total. The van der Waals surface area contributed by atoms with Crippen LogP contribution >= 0.6 is 11.8 Å². The molecule has 0 N–H and O–H groups in total. The van der Waals surface area contributed by atoms with E-state index >= 15 is 0 Å². The van der Waals surface area contributed by atoms with Gasteiger partial charge in [0.05, 0.1) is 11.4 Å². The Kier molecular flexibility index (Phi) is 4.71. The molecule has 3 rings (SSSR count). The number of nitrogens with zero attached hydrogens (tertiary/aromatic N) is 2. The van der Waals surface area contributed by atoms with Gasteiger partial charge in [-0.2, -0.15) is 0 Å². The first-order valence-corrected chi connectivity index (χ1v) is 8.97. The van der Waals surface area contributed by atoms with E-state index in [1.165, 1.54) is 12.8 Å². The zero-order valence-corrected chi connectivity index (χ0v) is 13.8. The van der Waals surface area contributed by atoms with Gasteiger partial charge in [0, 0.05) is 18.0 Å². The molecule has 0 radical (unpaired) electrons. The number of carbonyl (C=O) groups excluding carboxylic acids is 2. The average molecular weight is 318 g/mol. The topological polar surface area (TPSA) is 40.6 Å². The van der Waals surface area contributed by atoms with Crippen LogP contribution < -0.4 is 4.90 Å². The molecule has 0 aromatic heterocycles. The number of amides is 2. The summed E-state index contributed by atoms with van der Waals surface area (Å²) in [7, 11) is 0. The molecule has 1 fully saturated rings. The Bertz CT molecular complexity index is 572. The third kappa shape index (κ3) is 3.46. The number of hydrogen-bond acceptors (Lipinski definition) is 3. The molecule has 1 aliphatic carbocycles. The van der Waals surface area contributed by atoms with Crippen molar-refractivity contribution in [1.29, 1.82) is 0 Å². The van der Waals surface area contributed by atoms with Crippen LogP contribution in [0.15, 0.2) is 29.2 Å². The summed E-state index contributed by atoms with van der Waals surface area (Å²) < 4.78 is 0. The maximum Gasteiger partial charge on any atom is 0.242 e. The number of anilines is 1. The standard InChI is InChI=1S/C17H22N2O2S/c1-2-9-18(10-13-7-8-13)16(20)11-19-14-5-3-4-6-15(14)22-12-17(19)21/h3-6,13H,2,7-12H2,1H3. The number of fused-ring (bicyclic) bond motifs is 1. The lowest BCUT2D eigenvalue weighted by Crippen LogP contribution is -2.45. The van der Waals surface area contributed by atoms with Gasteiger partial charge in [0.25, 0.3) is 0 Å². The lowest BCUT2D eigenvalue weighted by Gasteiger charge is -2.31. The summed E-state index contributed by atoms with van der Waals surface area (Å²) in [5.41, 5.74) is 0.875. The zero-order chi connectivity index (χ0) is 15.5. The third-order valence-electron chi connectivity index (χ3n) is 4.12. The lowest BCUT2D eigenvalue weighted by molar-refractivity contribution is -0.131. The summed E-state index contributed by atoms with van der Waals surface area (Å²) in [5.74, 6) is 1.19. The number of benzene rings is 1. The first-order valence-electron chi connectivity index (χ1n) is 7.99. The number of thioether (sulfide) groups is 1. The van der Waals surface area contributed by atoms with E-state index in [0.717, 1.165) is 30.1 Å². The lowest BCUT2D eigenvalue weighted by atomic mass is 10.2. The largest absolute Gasteiger partial charge is 0.341 e. The van der Waals surface area contributed by atoms with Crippen LogP contribution in [0.25, 0.3) is 0 Å². The van der Waals surface area contributed by atoms with Gasteiger partial charge >= 0.3 is 0 Å². The zero-order valence-electron chi connectivity index (χ0n) is 13.0. The molecule has 1 aromatic carbocycles. The van der Waals surface area contributed by atoms with Crippen LogP contribution in [-0.4, -0.2) is 42.1 Å². The Labute approximate surface area is 135 Å². The Balaban J connectivity index is 1.72. The van der Waals surface area contributed by atoms with Crippen LogP contribution in [0, 0.1) is 5.92 Å². The molecule has 5 heteroatoms. The summed E-state index contributed by atoms with van der Waals surface area (Å²) >= 11 is 1.55. The van der Waals surface area contributed by atoms with Crippen molar-refractivity contribution in [3.05, 3.63) is 24.3 Å². The predicted molar refractivity (Wildman–Crippen MR) is 89.1 cm³/mol. The fraction of sp³-hybridized carbons (Fsp3) is 0.529.